The van der Waals surface area contributed by atoms with Crippen LogP contribution < -0.4 is 0 Å². The van der Waals surface area contributed by atoms with Gasteiger partial charge >= 0.3 is 0 Å². The average Bonchev–Trinajstić information content (AvgIpc) is 2.31. The Labute approximate surface area is 72.9 Å². The van der Waals surface area contributed by atoms with Crippen LogP contribution in [0.4, 0.5) is 0 Å². The second-order valence-electron chi connectivity index (χ2n) is 3.34. The molecule has 0 spiro atoms. The third-order valence-corrected chi connectivity index (χ3v) is 3.31. The van der Waals surface area contributed by atoms with Crippen molar-refractivity contribution in [3.05, 3.63) is 0 Å². The van der Waals surface area contributed by atoms with E-state index in [1.165, 1.54) is 12.2 Å². The minimum Gasteiger partial charge on any atom is -0.299 e. The summed E-state index contributed by atoms with van der Waals surface area (Å²) in [6, 6.07) is 0. The fourth-order valence-electron chi connectivity index (χ4n) is 1.73. The van der Waals surface area contributed by atoms with Gasteiger partial charge in [0.25, 0.3) is 0 Å². The van der Waals surface area contributed by atoms with Gasteiger partial charge in [0.15, 0.2) is 0 Å². The van der Waals surface area contributed by atoms with Crippen LogP contribution in [0.15, 0.2) is 0 Å². The maximum atomic E-state index is 11.1. The predicted octanol–water partition coefficient (Wildman–Crippen LogP) is 2.35. The highest BCUT2D eigenvalue weighted by Crippen LogP contribution is 2.31. The Balaban J connectivity index is 2.30. The molecule has 1 fully saturated rings. The molecule has 1 nitrogen and oxygen atoms in total. The summed E-state index contributed by atoms with van der Waals surface area (Å²) >= 11 is 1.88. The molecule has 0 saturated heterocycles. The Hall–Kier alpha value is 0.0200. The number of Topliss-reactive ketones (excluding diaryl/α,β-unsaturated/α-hetero) is 1. The van der Waals surface area contributed by atoms with Crippen LogP contribution in [0.3, 0.4) is 0 Å². The molecule has 2 heteroatoms. The molecule has 0 aromatic heterocycles. The molecule has 1 aliphatic rings. The molecule has 2 unspecified atom stereocenters. The van der Waals surface area contributed by atoms with E-state index in [-0.39, 0.29) is 0 Å². The number of thioether (sulfide) groups is 1. The van der Waals surface area contributed by atoms with Crippen LogP contribution >= 0.6 is 11.8 Å². The minimum absolute atomic E-state index is 0.349. The Bertz CT molecular complexity index is 144. The maximum Gasteiger partial charge on any atom is 0.135 e. The van der Waals surface area contributed by atoms with E-state index in [1.807, 2.05) is 11.8 Å². The van der Waals surface area contributed by atoms with Gasteiger partial charge in [-0.2, -0.15) is 11.8 Å². The molecular formula is C9H16OS. The number of carbonyl (C=O) groups excluding carboxylic acids is 1. The fourth-order valence-corrected chi connectivity index (χ4v) is 2.27. The third kappa shape index (κ3) is 2.22. The zero-order chi connectivity index (χ0) is 8.27. The number of rotatable bonds is 3. The zero-order valence-corrected chi connectivity index (χ0v) is 8.12. The van der Waals surface area contributed by atoms with Gasteiger partial charge < -0.3 is 0 Å². The van der Waals surface area contributed by atoms with E-state index in [2.05, 4.69) is 13.2 Å². The van der Waals surface area contributed by atoms with Crippen molar-refractivity contribution in [1.29, 1.82) is 0 Å². The van der Waals surface area contributed by atoms with Crippen LogP contribution in [0.1, 0.15) is 26.2 Å². The van der Waals surface area contributed by atoms with Crippen molar-refractivity contribution >= 4 is 17.5 Å². The van der Waals surface area contributed by atoms with Crippen molar-refractivity contribution in [3.63, 3.8) is 0 Å². The molecule has 1 rings (SSSR count). The highest BCUT2D eigenvalue weighted by molar-refractivity contribution is 7.98. The molecule has 0 heterocycles. The van der Waals surface area contributed by atoms with Gasteiger partial charge in [0.05, 0.1) is 0 Å². The first kappa shape index (κ1) is 9.11. The Kier molecular flexibility index (Phi) is 3.44. The first-order chi connectivity index (χ1) is 5.25. The molecule has 0 amide bonds. The van der Waals surface area contributed by atoms with Crippen molar-refractivity contribution < 1.29 is 4.79 Å². The molecule has 1 saturated carbocycles. The van der Waals surface area contributed by atoms with E-state index < -0.39 is 0 Å². The molecule has 11 heavy (non-hydrogen) atoms. The zero-order valence-electron chi connectivity index (χ0n) is 7.30. The summed E-state index contributed by atoms with van der Waals surface area (Å²) in [6.07, 6.45) is 5.33. The highest BCUT2D eigenvalue weighted by atomic mass is 32.2. The predicted molar refractivity (Wildman–Crippen MR) is 49.9 cm³/mol. The van der Waals surface area contributed by atoms with Gasteiger partial charge in [-0.25, -0.2) is 0 Å². The Morgan fingerprint density at radius 3 is 2.82 bits per heavy atom. The summed E-state index contributed by atoms with van der Waals surface area (Å²) in [4.78, 5) is 11.1. The quantitative estimate of drug-likeness (QED) is 0.650. The highest BCUT2D eigenvalue weighted by Gasteiger charge is 2.29. The van der Waals surface area contributed by atoms with Crippen LogP contribution in [-0.4, -0.2) is 17.8 Å². The smallest absolute Gasteiger partial charge is 0.135 e. The van der Waals surface area contributed by atoms with Gasteiger partial charge in [0, 0.05) is 12.3 Å². The lowest BCUT2D eigenvalue weighted by molar-refractivity contribution is -0.120. The molecule has 0 aromatic rings. The Morgan fingerprint density at radius 1 is 1.64 bits per heavy atom. The summed E-state index contributed by atoms with van der Waals surface area (Å²) < 4.78 is 0. The molecule has 0 aliphatic heterocycles. The Morgan fingerprint density at radius 2 is 2.36 bits per heavy atom. The van der Waals surface area contributed by atoms with Gasteiger partial charge in [0.1, 0.15) is 5.78 Å². The number of ketones is 1. The second-order valence-corrected chi connectivity index (χ2v) is 4.32. The van der Waals surface area contributed by atoms with Gasteiger partial charge in [-0.05, 0) is 30.8 Å². The summed E-state index contributed by atoms with van der Waals surface area (Å²) in [5.41, 5.74) is 0. The fraction of sp³-hybridized carbons (Fsp3) is 0.889. The van der Waals surface area contributed by atoms with E-state index in [0.717, 1.165) is 12.8 Å². The normalized spacial score (nSPS) is 31.3. The molecular weight excluding hydrogens is 156 g/mol. The second kappa shape index (κ2) is 4.15. The van der Waals surface area contributed by atoms with E-state index in [0.29, 0.717) is 17.6 Å². The topological polar surface area (TPSA) is 17.1 Å². The third-order valence-electron chi connectivity index (χ3n) is 2.67. The standard InChI is InChI=1S/C9H16OS/c1-7-8(5-6-11-2)3-4-9(7)10/h7-8H,3-6H2,1-2H3. The van der Waals surface area contributed by atoms with E-state index in [9.17, 15) is 4.79 Å². The van der Waals surface area contributed by atoms with Crippen molar-refractivity contribution in [2.45, 2.75) is 26.2 Å². The molecule has 1 aliphatic carbocycles. The van der Waals surface area contributed by atoms with Crippen LogP contribution in [0.2, 0.25) is 0 Å². The summed E-state index contributed by atoms with van der Waals surface area (Å²) in [6.45, 7) is 2.08. The van der Waals surface area contributed by atoms with E-state index >= 15 is 0 Å². The largest absolute Gasteiger partial charge is 0.299 e. The molecule has 2 atom stereocenters. The van der Waals surface area contributed by atoms with Crippen LogP contribution in [0, 0.1) is 11.8 Å². The minimum atomic E-state index is 0.349. The summed E-state index contributed by atoms with van der Waals surface area (Å²) in [7, 11) is 0. The lowest BCUT2D eigenvalue weighted by atomic mass is 9.95. The van der Waals surface area contributed by atoms with Crippen LogP contribution in [0.25, 0.3) is 0 Å². The van der Waals surface area contributed by atoms with Gasteiger partial charge in [-0.15, -0.1) is 0 Å². The molecule has 0 radical (unpaired) electrons. The van der Waals surface area contributed by atoms with Crippen LogP contribution in [0.5, 0.6) is 0 Å². The summed E-state index contributed by atoms with van der Waals surface area (Å²) in [5, 5.41) is 0. The molecule has 64 valence electrons. The first-order valence-corrected chi connectivity index (χ1v) is 5.66. The van der Waals surface area contributed by atoms with Gasteiger partial charge in [-0.1, -0.05) is 6.92 Å². The molecule has 0 aromatic carbocycles. The average molecular weight is 172 g/mol. The lowest BCUT2D eigenvalue weighted by Crippen LogP contribution is -2.10. The lowest BCUT2D eigenvalue weighted by Gasteiger charge is -2.12. The number of carbonyl (C=O) groups is 1. The number of hydrogen-bond acceptors (Lipinski definition) is 2. The van der Waals surface area contributed by atoms with Crippen molar-refractivity contribution in [1.82, 2.24) is 0 Å². The van der Waals surface area contributed by atoms with Gasteiger partial charge in [-0.3, -0.25) is 4.79 Å². The van der Waals surface area contributed by atoms with Crippen molar-refractivity contribution in [3.8, 4) is 0 Å². The molecule has 0 bridgehead atoms. The van der Waals surface area contributed by atoms with Crippen molar-refractivity contribution in [2.75, 3.05) is 12.0 Å². The maximum absolute atomic E-state index is 11.1. The van der Waals surface area contributed by atoms with Crippen LogP contribution in [-0.2, 0) is 4.79 Å². The van der Waals surface area contributed by atoms with E-state index in [1.54, 1.807) is 0 Å². The first-order valence-electron chi connectivity index (χ1n) is 4.27. The van der Waals surface area contributed by atoms with Gasteiger partial charge in [0.2, 0.25) is 0 Å². The monoisotopic (exact) mass is 172 g/mol. The van der Waals surface area contributed by atoms with E-state index in [4.69, 9.17) is 0 Å². The molecule has 0 N–H and O–H groups in total. The summed E-state index contributed by atoms with van der Waals surface area (Å²) in [5.74, 6) is 2.73. The van der Waals surface area contributed by atoms with Crippen molar-refractivity contribution in [2.24, 2.45) is 11.8 Å². The number of hydrogen-bond donors (Lipinski definition) is 0. The SMILES string of the molecule is CSCCC1CCC(=O)C1C.